The molecule has 0 fully saturated rings. The Labute approximate surface area is 132 Å². The van der Waals surface area contributed by atoms with E-state index in [-0.39, 0.29) is 11.3 Å². The molecule has 0 aromatic carbocycles. The molecule has 0 spiro atoms. The summed E-state index contributed by atoms with van der Waals surface area (Å²) in [5, 5.41) is 18.1. The van der Waals surface area contributed by atoms with Crippen LogP contribution in [0.3, 0.4) is 0 Å². The minimum absolute atomic E-state index is 0.138. The lowest BCUT2D eigenvalue weighted by atomic mass is 10.2. The van der Waals surface area contributed by atoms with Crippen molar-refractivity contribution >= 4 is 44.7 Å². The molecule has 0 atom stereocenters. The Balaban J connectivity index is 2.19. The highest BCUT2D eigenvalue weighted by molar-refractivity contribution is 9.10. The van der Waals surface area contributed by atoms with Crippen LogP contribution in [-0.4, -0.2) is 22.9 Å². The van der Waals surface area contributed by atoms with Crippen molar-refractivity contribution in [3.05, 3.63) is 48.7 Å². The number of nitro groups is 1. The van der Waals surface area contributed by atoms with Crippen molar-refractivity contribution in [2.75, 3.05) is 12.4 Å². The summed E-state index contributed by atoms with van der Waals surface area (Å²) < 4.78 is 0.916. The van der Waals surface area contributed by atoms with Gasteiger partial charge in [-0.2, -0.15) is 0 Å². The number of hydrogen-bond acceptors (Lipinski definition) is 6. The number of halogens is 1. The average Bonchev–Trinajstić information content (AvgIpc) is 2.89. The summed E-state index contributed by atoms with van der Waals surface area (Å²) in [6, 6.07) is 3.09. The molecule has 110 valence electrons. The van der Waals surface area contributed by atoms with Crippen molar-refractivity contribution in [3.63, 3.8) is 0 Å². The van der Waals surface area contributed by atoms with Crippen LogP contribution in [0, 0.1) is 10.1 Å². The van der Waals surface area contributed by atoms with E-state index in [2.05, 4.69) is 31.5 Å². The maximum atomic E-state index is 12.2. The first-order valence-electron chi connectivity index (χ1n) is 5.85. The summed E-state index contributed by atoms with van der Waals surface area (Å²) in [7, 11) is 1.60. The fourth-order valence-corrected chi connectivity index (χ4v) is 3.07. The van der Waals surface area contributed by atoms with Crippen molar-refractivity contribution < 1.29 is 9.72 Å². The highest BCUT2D eigenvalue weighted by Gasteiger charge is 2.17. The second kappa shape index (κ2) is 6.64. The van der Waals surface area contributed by atoms with Crippen LogP contribution in [0.4, 0.5) is 11.5 Å². The number of anilines is 1. The van der Waals surface area contributed by atoms with Crippen molar-refractivity contribution in [3.8, 4) is 0 Å². The normalized spacial score (nSPS) is 10.2. The van der Waals surface area contributed by atoms with Crippen molar-refractivity contribution in [1.29, 1.82) is 0 Å². The third kappa shape index (κ3) is 3.56. The lowest BCUT2D eigenvalue weighted by Crippen LogP contribution is -2.24. The number of nitrogens with zero attached hydrogens (tertiary/aromatic N) is 2. The number of nitrogens with one attached hydrogen (secondary N) is 2. The summed E-state index contributed by atoms with van der Waals surface area (Å²) in [6.45, 7) is 0.336. The zero-order chi connectivity index (χ0) is 15.4. The largest absolute Gasteiger partial charge is 0.372 e. The van der Waals surface area contributed by atoms with Crippen LogP contribution in [0.15, 0.2) is 28.2 Å². The maximum absolute atomic E-state index is 12.2. The predicted molar refractivity (Wildman–Crippen MR) is 83.6 cm³/mol. The monoisotopic (exact) mass is 370 g/mol. The van der Waals surface area contributed by atoms with Gasteiger partial charge in [-0.3, -0.25) is 14.9 Å². The van der Waals surface area contributed by atoms with Crippen LogP contribution in [0.1, 0.15) is 15.2 Å². The summed E-state index contributed by atoms with van der Waals surface area (Å²) in [5.74, 6) is -0.126. The highest BCUT2D eigenvalue weighted by atomic mass is 79.9. The quantitative estimate of drug-likeness (QED) is 0.622. The van der Waals surface area contributed by atoms with E-state index in [1.807, 2.05) is 11.4 Å². The van der Waals surface area contributed by atoms with Crippen molar-refractivity contribution in [2.45, 2.75) is 6.54 Å². The van der Waals surface area contributed by atoms with Gasteiger partial charge in [0.1, 0.15) is 12.0 Å². The molecule has 9 heteroatoms. The van der Waals surface area contributed by atoms with Gasteiger partial charge in [0.15, 0.2) is 0 Å². The minimum Gasteiger partial charge on any atom is -0.372 e. The number of carbonyl (C=O) groups excluding carboxylic acids is 1. The minimum atomic E-state index is -0.584. The third-order valence-corrected chi connectivity index (χ3v) is 4.59. The molecule has 2 aromatic rings. The first kappa shape index (κ1) is 15.4. The van der Waals surface area contributed by atoms with Crippen LogP contribution >= 0.6 is 27.3 Å². The first-order valence-corrected chi connectivity index (χ1v) is 7.52. The molecule has 2 heterocycles. The summed E-state index contributed by atoms with van der Waals surface area (Å²) in [6.07, 6.45) is 1.11. The standard InChI is InChI=1S/C12H11BrN4O3S/c1-14-11-8(4-7(5-15-11)17(19)20)12(18)16-6-10-9(13)2-3-21-10/h2-5H,6H2,1H3,(H,14,15)(H,16,18). The van der Waals surface area contributed by atoms with Crippen molar-refractivity contribution in [1.82, 2.24) is 10.3 Å². The Morgan fingerprint density at radius 1 is 1.57 bits per heavy atom. The lowest BCUT2D eigenvalue weighted by Gasteiger charge is -2.08. The van der Waals surface area contributed by atoms with E-state index in [1.54, 1.807) is 7.05 Å². The Kier molecular flexibility index (Phi) is 4.86. The summed E-state index contributed by atoms with van der Waals surface area (Å²) >= 11 is 4.88. The summed E-state index contributed by atoms with van der Waals surface area (Å²) in [5.41, 5.74) is -0.0872. The molecular formula is C12H11BrN4O3S. The predicted octanol–water partition coefficient (Wildman–Crippen LogP) is 2.79. The molecule has 2 rings (SSSR count). The number of pyridine rings is 1. The van der Waals surface area contributed by atoms with E-state index in [0.717, 1.165) is 15.5 Å². The van der Waals surface area contributed by atoms with Crippen LogP contribution in [0.5, 0.6) is 0 Å². The van der Waals surface area contributed by atoms with Crippen LogP contribution < -0.4 is 10.6 Å². The molecule has 21 heavy (non-hydrogen) atoms. The second-order valence-electron chi connectivity index (χ2n) is 3.97. The van der Waals surface area contributed by atoms with Crippen molar-refractivity contribution in [2.24, 2.45) is 0 Å². The highest BCUT2D eigenvalue weighted by Crippen LogP contribution is 2.23. The Morgan fingerprint density at radius 2 is 2.33 bits per heavy atom. The Morgan fingerprint density at radius 3 is 2.90 bits per heavy atom. The number of hydrogen-bond donors (Lipinski definition) is 2. The molecule has 2 N–H and O–H groups in total. The topological polar surface area (TPSA) is 97.2 Å². The third-order valence-electron chi connectivity index (χ3n) is 2.67. The van der Waals surface area contributed by atoms with Gasteiger partial charge in [-0.15, -0.1) is 11.3 Å². The molecule has 0 unspecified atom stereocenters. The van der Waals surface area contributed by atoms with Gasteiger partial charge >= 0.3 is 0 Å². The SMILES string of the molecule is CNc1ncc([N+](=O)[O-])cc1C(=O)NCc1sccc1Br. The van der Waals surface area contributed by atoms with E-state index in [1.165, 1.54) is 17.4 Å². The molecule has 1 amide bonds. The second-order valence-corrected chi connectivity index (χ2v) is 5.83. The first-order chi connectivity index (χ1) is 10.0. The van der Waals surface area contributed by atoms with Gasteiger partial charge in [0.2, 0.25) is 0 Å². The Bertz CT molecular complexity index is 689. The summed E-state index contributed by atoms with van der Waals surface area (Å²) in [4.78, 5) is 27.2. The zero-order valence-corrected chi connectivity index (χ0v) is 13.3. The van der Waals surface area contributed by atoms with E-state index < -0.39 is 10.8 Å². The fourth-order valence-electron chi connectivity index (χ4n) is 1.63. The van der Waals surface area contributed by atoms with Crippen LogP contribution in [0.25, 0.3) is 0 Å². The molecule has 0 aliphatic heterocycles. The Hall–Kier alpha value is -2.00. The van der Waals surface area contributed by atoms with Gasteiger partial charge < -0.3 is 10.6 Å². The van der Waals surface area contributed by atoms with Gasteiger partial charge in [-0.1, -0.05) is 0 Å². The average molecular weight is 371 g/mol. The fraction of sp³-hybridized carbons (Fsp3) is 0.167. The maximum Gasteiger partial charge on any atom is 0.288 e. The van der Waals surface area contributed by atoms with E-state index in [0.29, 0.717) is 12.4 Å². The van der Waals surface area contributed by atoms with Gasteiger partial charge in [0.05, 0.1) is 17.0 Å². The molecule has 0 bridgehead atoms. The van der Waals surface area contributed by atoms with Gasteiger partial charge in [-0.05, 0) is 27.4 Å². The number of rotatable bonds is 5. The molecular weight excluding hydrogens is 360 g/mol. The van der Waals surface area contributed by atoms with Gasteiger partial charge in [0.25, 0.3) is 11.6 Å². The molecule has 0 saturated heterocycles. The lowest BCUT2D eigenvalue weighted by molar-refractivity contribution is -0.385. The van der Waals surface area contributed by atoms with Crippen LogP contribution in [-0.2, 0) is 6.54 Å². The van der Waals surface area contributed by atoms with Crippen LogP contribution in [0.2, 0.25) is 0 Å². The number of thiophene rings is 1. The number of carbonyl (C=O) groups is 1. The van der Waals surface area contributed by atoms with Gasteiger partial charge in [-0.25, -0.2) is 4.98 Å². The van der Waals surface area contributed by atoms with E-state index in [4.69, 9.17) is 0 Å². The molecule has 7 nitrogen and oxygen atoms in total. The smallest absolute Gasteiger partial charge is 0.288 e. The molecule has 2 aromatic heterocycles. The molecule has 0 radical (unpaired) electrons. The van der Waals surface area contributed by atoms with E-state index >= 15 is 0 Å². The number of aromatic nitrogens is 1. The molecule has 0 aliphatic rings. The van der Waals surface area contributed by atoms with E-state index in [9.17, 15) is 14.9 Å². The number of amides is 1. The molecule has 0 aliphatic carbocycles. The zero-order valence-electron chi connectivity index (χ0n) is 10.9. The molecule has 0 saturated carbocycles. The van der Waals surface area contributed by atoms with Gasteiger partial charge in [0, 0.05) is 22.5 Å².